The molecule has 23 heavy (non-hydrogen) atoms. The lowest BCUT2D eigenvalue weighted by atomic mass is 9.85. The number of aliphatic hydroxyl groups excluding tert-OH is 1. The molecule has 0 aliphatic rings. The number of thiophene rings is 1. The van der Waals surface area contributed by atoms with Gasteiger partial charge in [-0.15, -0.1) is 11.3 Å². The summed E-state index contributed by atoms with van der Waals surface area (Å²) in [7, 11) is 0. The summed E-state index contributed by atoms with van der Waals surface area (Å²) in [5, 5.41) is 14.1. The van der Waals surface area contributed by atoms with Crippen LogP contribution < -0.4 is 5.32 Å². The van der Waals surface area contributed by atoms with Gasteiger partial charge in [0.1, 0.15) is 5.76 Å². The number of aliphatic hydroxyl groups is 1. The minimum atomic E-state index is -0.112. The average molecular weight is 336 g/mol. The summed E-state index contributed by atoms with van der Waals surface area (Å²) in [6, 6.07) is 3.80. The summed E-state index contributed by atoms with van der Waals surface area (Å²) in [6.07, 6.45) is 0.714. The number of aromatic nitrogens is 1. The van der Waals surface area contributed by atoms with E-state index >= 15 is 0 Å². The summed E-state index contributed by atoms with van der Waals surface area (Å²) in [5.41, 5.74) is 0.543. The van der Waals surface area contributed by atoms with Gasteiger partial charge in [0.2, 0.25) is 11.8 Å². The molecule has 0 aliphatic heterocycles. The zero-order valence-corrected chi connectivity index (χ0v) is 14.9. The van der Waals surface area contributed by atoms with E-state index in [2.05, 4.69) is 10.3 Å². The minimum Gasteiger partial charge on any atom is -0.440 e. The second-order valence-corrected chi connectivity index (χ2v) is 7.62. The highest BCUT2D eigenvalue weighted by Gasteiger charge is 2.26. The topological polar surface area (TPSA) is 75.4 Å². The number of hydrogen-bond donors (Lipinski definition) is 2. The molecule has 2 aromatic heterocycles. The zero-order valence-electron chi connectivity index (χ0n) is 14.0. The fourth-order valence-corrected chi connectivity index (χ4v) is 2.99. The third-order valence-corrected chi connectivity index (χ3v) is 4.61. The molecule has 2 aromatic rings. The standard InChI is InChI=1S/C17H24N2O3S/c1-11-12(18-16(22-11)13-6-5-9-23-13)10-15(21)19-14(7-8-20)17(2,3)4/h5-6,9,14,20H,7-8,10H2,1-4H3,(H,19,21). The molecular weight excluding hydrogens is 312 g/mol. The van der Waals surface area contributed by atoms with Crippen molar-refractivity contribution in [3.8, 4) is 10.8 Å². The summed E-state index contributed by atoms with van der Waals surface area (Å²) >= 11 is 1.55. The van der Waals surface area contributed by atoms with Gasteiger partial charge < -0.3 is 14.8 Å². The van der Waals surface area contributed by atoms with Crippen LogP contribution >= 0.6 is 11.3 Å². The zero-order chi connectivity index (χ0) is 17.0. The van der Waals surface area contributed by atoms with Gasteiger partial charge in [0.25, 0.3) is 0 Å². The lowest BCUT2D eigenvalue weighted by Gasteiger charge is -2.31. The van der Waals surface area contributed by atoms with Crippen molar-refractivity contribution < 1.29 is 14.3 Å². The lowest BCUT2D eigenvalue weighted by molar-refractivity contribution is -0.122. The van der Waals surface area contributed by atoms with Crippen LogP contribution in [0.4, 0.5) is 0 Å². The molecule has 1 atom stereocenters. The van der Waals surface area contributed by atoms with E-state index in [1.165, 1.54) is 0 Å². The fourth-order valence-electron chi connectivity index (χ4n) is 2.35. The number of rotatable bonds is 6. The quantitative estimate of drug-likeness (QED) is 0.849. The van der Waals surface area contributed by atoms with E-state index < -0.39 is 0 Å². The number of nitrogens with zero attached hydrogens (tertiary/aromatic N) is 1. The minimum absolute atomic E-state index is 0.0493. The number of carbonyl (C=O) groups is 1. The van der Waals surface area contributed by atoms with Crippen molar-refractivity contribution in [2.24, 2.45) is 5.41 Å². The first kappa shape index (κ1) is 17.7. The Morgan fingerprint density at radius 3 is 2.78 bits per heavy atom. The van der Waals surface area contributed by atoms with E-state index in [-0.39, 0.29) is 30.4 Å². The van der Waals surface area contributed by atoms with Crippen LogP contribution in [0.3, 0.4) is 0 Å². The van der Waals surface area contributed by atoms with Gasteiger partial charge in [0, 0.05) is 12.6 Å². The van der Waals surface area contributed by atoms with Gasteiger partial charge in [-0.05, 0) is 30.2 Å². The van der Waals surface area contributed by atoms with Gasteiger partial charge in [-0.1, -0.05) is 26.8 Å². The van der Waals surface area contributed by atoms with Gasteiger partial charge in [-0.25, -0.2) is 4.98 Å². The Morgan fingerprint density at radius 1 is 1.48 bits per heavy atom. The van der Waals surface area contributed by atoms with E-state index in [4.69, 9.17) is 4.42 Å². The second-order valence-electron chi connectivity index (χ2n) is 6.67. The fraction of sp³-hybridized carbons (Fsp3) is 0.529. The van der Waals surface area contributed by atoms with Crippen LogP contribution in [-0.4, -0.2) is 28.6 Å². The number of carbonyl (C=O) groups excluding carboxylic acids is 1. The number of amides is 1. The van der Waals surface area contributed by atoms with Crippen molar-refractivity contribution in [3.63, 3.8) is 0 Å². The van der Waals surface area contributed by atoms with Crippen molar-refractivity contribution in [1.29, 1.82) is 0 Å². The molecule has 0 fully saturated rings. The molecule has 0 radical (unpaired) electrons. The van der Waals surface area contributed by atoms with Crippen LogP contribution in [0.1, 0.15) is 38.6 Å². The van der Waals surface area contributed by atoms with Crippen molar-refractivity contribution in [2.45, 2.75) is 46.6 Å². The Bertz CT molecular complexity index is 641. The van der Waals surface area contributed by atoms with Gasteiger partial charge in [-0.3, -0.25) is 4.79 Å². The lowest BCUT2D eigenvalue weighted by Crippen LogP contribution is -2.44. The van der Waals surface area contributed by atoms with Crippen molar-refractivity contribution in [2.75, 3.05) is 6.61 Å². The van der Waals surface area contributed by atoms with Gasteiger partial charge in [0.15, 0.2) is 0 Å². The SMILES string of the molecule is Cc1oc(-c2cccs2)nc1CC(=O)NC(CCO)C(C)(C)C. The third kappa shape index (κ3) is 4.65. The van der Waals surface area contributed by atoms with Crippen molar-refractivity contribution in [1.82, 2.24) is 10.3 Å². The van der Waals surface area contributed by atoms with E-state index in [1.807, 2.05) is 45.2 Å². The molecule has 0 aromatic carbocycles. The van der Waals surface area contributed by atoms with Crippen LogP contribution in [0, 0.1) is 12.3 Å². The summed E-state index contributed by atoms with van der Waals surface area (Å²) in [6.45, 7) is 8.01. The molecular formula is C17H24N2O3S. The molecule has 1 unspecified atom stereocenters. The number of hydrogen-bond acceptors (Lipinski definition) is 5. The largest absolute Gasteiger partial charge is 0.440 e. The normalized spacial score (nSPS) is 13.1. The Morgan fingerprint density at radius 2 is 2.22 bits per heavy atom. The molecule has 0 saturated heterocycles. The molecule has 0 saturated carbocycles. The summed E-state index contributed by atoms with van der Waals surface area (Å²) in [4.78, 5) is 17.7. The maximum absolute atomic E-state index is 12.3. The first-order chi connectivity index (χ1) is 10.8. The van der Waals surface area contributed by atoms with Gasteiger partial charge >= 0.3 is 0 Å². The Kier molecular flexibility index (Phi) is 5.59. The number of nitrogens with one attached hydrogen (secondary N) is 1. The average Bonchev–Trinajstić information content (AvgIpc) is 3.08. The van der Waals surface area contributed by atoms with E-state index in [9.17, 15) is 9.90 Å². The van der Waals surface area contributed by atoms with E-state index in [1.54, 1.807) is 11.3 Å². The Balaban J connectivity index is 2.05. The first-order valence-electron chi connectivity index (χ1n) is 7.71. The van der Waals surface area contributed by atoms with Crippen molar-refractivity contribution in [3.05, 3.63) is 29.0 Å². The summed E-state index contributed by atoms with van der Waals surface area (Å²) < 4.78 is 5.66. The van der Waals surface area contributed by atoms with Crippen LogP contribution in [0.15, 0.2) is 21.9 Å². The molecule has 2 N–H and O–H groups in total. The first-order valence-corrected chi connectivity index (χ1v) is 8.59. The highest BCUT2D eigenvalue weighted by molar-refractivity contribution is 7.13. The highest BCUT2D eigenvalue weighted by Crippen LogP contribution is 2.26. The molecule has 126 valence electrons. The Hall–Kier alpha value is -1.66. The van der Waals surface area contributed by atoms with E-state index in [0.29, 0.717) is 23.8 Å². The second kappa shape index (κ2) is 7.27. The number of aryl methyl sites for hydroxylation is 1. The maximum atomic E-state index is 12.3. The molecule has 0 bridgehead atoms. The summed E-state index contributed by atoms with van der Waals surface area (Å²) in [5.74, 6) is 1.12. The smallest absolute Gasteiger partial charge is 0.236 e. The van der Waals surface area contributed by atoms with Crippen LogP contribution in [0.5, 0.6) is 0 Å². The van der Waals surface area contributed by atoms with E-state index in [0.717, 1.165) is 4.88 Å². The van der Waals surface area contributed by atoms with Gasteiger partial charge in [-0.2, -0.15) is 0 Å². The third-order valence-electron chi connectivity index (χ3n) is 3.75. The van der Waals surface area contributed by atoms with Crippen molar-refractivity contribution >= 4 is 17.2 Å². The molecule has 1 amide bonds. The van der Waals surface area contributed by atoms with Crippen LogP contribution in [0.25, 0.3) is 10.8 Å². The molecule has 0 spiro atoms. The monoisotopic (exact) mass is 336 g/mol. The molecule has 5 nitrogen and oxygen atoms in total. The molecule has 0 aliphatic carbocycles. The Labute approximate surface area is 140 Å². The molecule has 6 heteroatoms. The maximum Gasteiger partial charge on any atom is 0.236 e. The number of oxazole rings is 1. The highest BCUT2D eigenvalue weighted by atomic mass is 32.1. The predicted molar refractivity (Wildman–Crippen MR) is 91.3 cm³/mol. The van der Waals surface area contributed by atoms with Crippen LogP contribution in [0.2, 0.25) is 0 Å². The molecule has 2 rings (SSSR count). The van der Waals surface area contributed by atoms with Crippen LogP contribution in [-0.2, 0) is 11.2 Å². The predicted octanol–water partition coefficient (Wildman–Crippen LogP) is 3.17. The van der Waals surface area contributed by atoms with Gasteiger partial charge in [0.05, 0.1) is 17.0 Å². The molecule has 2 heterocycles.